The lowest BCUT2D eigenvalue weighted by atomic mass is 10.1. The molecule has 3 amide bonds. The lowest BCUT2D eigenvalue weighted by molar-refractivity contribution is -0.129. The number of amides is 3. The number of anilines is 1. The lowest BCUT2D eigenvalue weighted by Gasteiger charge is -2.20. The summed E-state index contributed by atoms with van der Waals surface area (Å²) in [5.41, 5.74) is 1.51. The molecule has 25 heavy (non-hydrogen) atoms. The summed E-state index contributed by atoms with van der Waals surface area (Å²) < 4.78 is 0. The topological polar surface area (TPSA) is 78.5 Å². The Hall–Kier alpha value is -2.37. The fourth-order valence-electron chi connectivity index (χ4n) is 2.97. The molecule has 6 nitrogen and oxygen atoms in total. The summed E-state index contributed by atoms with van der Waals surface area (Å²) >= 11 is 0. The van der Waals surface area contributed by atoms with E-state index in [2.05, 4.69) is 10.6 Å². The minimum absolute atomic E-state index is 0.0340. The van der Waals surface area contributed by atoms with Crippen molar-refractivity contribution < 1.29 is 14.4 Å². The second kappa shape index (κ2) is 8.65. The van der Waals surface area contributed by atoms with E-state index in [4.69, 9.17) is 0 Å². The van der Waals surface area contributed by atoms with Gasteiger partial charge < -0.3 is 15.5 Å². The van der Waals surface area contributed by atoms with Crippen LogP contribution in [0, 0.1) is 5.92 Å². The van der Waals surface area contributed by atoms with Crippen molar-refractivity contribution in [1.29, 1.82) is 0 Å². The summed E-state index contributed by atoms with van der Waals surface area (Å²) in [4.78, 5) is 37.6. The van der Waals surface area contributed by atoms with Gasteiger partial charge in [0.15, 0.2) is 0 Å². The van der Waals surface area contributed by atoms with Crippen LogP contribution < -0.4 is 10.6 Å². The highest BCUT2D eigenvalue weighted by Crippen LogP contribution is 2.24. The van der Waals surface area contributed by atoms with E-state index in [1.165, 1.54) is 6.92 Å². The molecule has 0 aliphatic heterocycles. The molecule has 0 unspecified atom stereocenters. The molecule has 0 heterocycles. The van der Waals surface area contributed by atoms with Gasteiger partial charge in [-0.3, -0.25) is 14.4 Å². The van der Waals surface area contributed by atoms with Crippen LogP contribution in [0.4, 0.5) is 5.69 Å². The number of para-hydroxylation sites is 1. The van der Waals surface area contributed by atoms with Crippen molar-refractivity contribution >= 4 is 23.4 Å². The smallest absolute Gasteiger partial charge is 0.246 e. The third-order valence-corrected chi connectivity index (χ3v) is 4.70. The van der Waals surface area contributed by atoms with Crippen LogP contribution in [0.3, 0.4) is 0 Å². The quantitative estimate of drug-likeness (QED) is 0.830. The maximum atomic E-state index is 12.4. The van der Waals surface area contributed by atoms with Gasteiger partial charge in [-0.15, -0.1) is 0 Å². The number of carbonyl (C=O) groups is 3. The van der Waals surface area contributed by atoms with Crippen LogP contribution in [0.1, 0.15) is 45.1 Å². The third-order valence-electron chi connectivity index (χ3n) is 4.70. The zero-order chi connectivity index (χ0) is 18.4. The highest BCUT2D eigenvalue weighted by atomic mass is 16.2. The van der Waals surface area contributed by atoms with E-state index in [1.54, 1.807) is 24.9 Å². The van der Waals surface area contributed by atoms with Crippen LogP contribution in [-0.2, 0) is 20.9 Å². The number of hydrogen-bond acceptors (Lipinski definition) is 3. The molecule has 6 heteroatoms. The first-order valence-electron chi connectivity index (χ1n) is 8.79. The summed E-state index contributed by atoms with van der Waals surface area (Å²) in [6, 6.07) is 6.76. The van der Waals surface area contributed by atoms with Gasteiger partial charge >= 0.3 is 0 Å². The molecule has 1 aliphatic rings. The second-order valence-corrected chi connectivity index (χ2v) is 6.73. The van der Waals surface area contributed by atoms with Gasteiger partial charge in [0.1, 0.15) is 6.04 Å². The van der Waals surface area contributed by atoms with Gasteiger partial charge in [-0.2, -0.15) is 0 Å². The molecule has 0 saturated heterocycles. The molecule has 0 radical (unpaired) electrons. The summed E-state index contributed by atoms with van der Waals surface area (Å²) in [7, 11) is 1.71. The normalized spacial score (nSPS) is 15.5. The summed E-state index contributed by atoms with van der Waals surface area (Å²) in [6.07, 6.45) is 3.96. The van der Waals surface area contributed by atoms with Crippen LogP contribution in [-0.4, -0.2) is 35.7 Å². The van der Waals surface area contributed by atoms with Crippen molar-refractivity contribution in [3.63, 3.8) is 0 Å². The van der Waals surface area contributed by atoms with Crippen molar-refractivity contribution in [2.75, 3.05) is 12.4 Å². The molecule has 1 fully saturated rings. The standard InChI is InChI=1S/C19H27N3O3/c1-13(20-19(25)15-8-4-5-9-15)18(24)21-17-11-7-6-10-16(17)12-22(3)14(2)23/h6-7,10-11,13,15H,4-5,8-9,12H2,1-3H3,(H,20,25)(H,21,24)/t13-/m1/s1. The fraction of sp³-hybridized carbons (Fsp3) is 0.526. The summed E-state index contributed by atoms with van der Waals surface area (Å²) in [5, 5.41) is 5.66. The highest BCUT2D eigenvalue weighted by molar-refractivity contribution is 5.97. The number of carbonyl (C=O) groups excluding carboxylic acids is 3. The van der Waals surface area contributed by atoms with E-state index >= 15 is 0 Å². The Labute approximate surface area is 149 Å². The number of nitrogens with one attached hydrogen (secondary N) is 2. The Morgan fingerprint density at radius 1 is 1.20 bits per heavy atom. The van der Waals surface area contributed by atoms with Crippen LogP contribution in [0.5, 0.6) is 0 Å². The van der Waals surface area contributed by atoms with Gasteiger partial charge in [0, 0.05) is 32.1 Å². The molecule has 2 rings (SSSR count). The highest BCUT2D eigenvalue weighted by Gasteiger charge is 2.25. The largest absolute Gasteiger partial charge is 0.344 e. The average molecular weight is 345 g/mol. The fourth-order valence-corrected chi connectivity index (χ4v) is 2.97. The van der Waals surface area contributed by atoms with Crippen molar-refractivity contribution in [2.24, 2.45) is 5.92 Å². The molecule has 136 valence electrons. The number of nitrogens with zero attached hydrogens (tertiary/aromatic N) is 1. The molecule has 0 spiro atoms. The first kappa shape index (κ1) is 19.0. The number of benzene rings is 1. The lowest BCUT2D eigenvalue weighted by Crippen LogP contribution is -2.43. The van der Waals surface area contributed by atoms with E-state index in [0.717, 1.165) is 31.2 Å². The Bertz CT molecular complexity index is 639. The van der Waals surface area contributed by atoms with Gasteiger partial charge in [0.25, 0.3) is 0 Å². The van der Waals surface area contributed by atoms with E-state index in [1.807, 2.05) is 18.2 Å². The summed E-state index contributed by atoms with van der Waals surface area (Å²) in [5.74, 6) is -0.306. The van der Waals surface area contributed by atoms with Crippen molar-refractivity contribution in [3.8, 4) is 0 Å². The van der Waals surface area contributed by atoms with Gasteiger partial charge in [0.05, 0.1) is 0 Å². The Morgan fingerprint density at radius 2 is 1.84 bits per heavy atom. The van der Waals surface area contributed by atoms with Gasteiger partial charge in [-0.1, -0.05) is 31.0 Å². The first-order valence-corrected chi connectivity index (χ1v) is 8.79. The molecule has 2 N–H and O–H groups in total. The van der Waals surface area contributed by atoms with Crippen LogP contribution >= 0.6 is 0 Å². The van der Waals surface area contributed by atoms with Crippen LogP contribution in [0.15, 0.2) is 24.3 Å². The van der Waals surface area contributed by atoms with Crippen LogP contribution in [0.25, 0.3) is 0 Å². The zero-order valence-electron chi connectivity index (χ0n) is 15.2. The third kappa shape index (κ3) is 5.31. The molecule has 1 aromatic rings. The van der Waals surface area contributed by atoms with Crippen LogP contribution in [0.2, 0.25) is 0 Å². The average Bonchev–Trinajstić information content (AvgIpc) is 3.11. The van der Waals surface area contributed by atoms with E-state index in [0.29, 0.717) is 12.2 Å². The molecule has 1 aromatic carbocycles. The Kier molecular flexibility index (Phi) is 6.56. The van der Waals surface area contributed by atoms with E-state index < -0.39 is 6.04 Å². The number of hydrogen-bond donors (Lipinski definition) is 2. The minimum Gasteiger partial charge on any atom is -0.344 e. The van der Waals surface area contributed by atoms with Gasteiger partial charge in [-0.05, 0) is 31.4 Å². The van der Waals surface area contributed by atoms with E-state index in [-0.39, 0.29) is 23.6 Å². The predicted molar refractivity (Wildman–Crippen MR) is 96.8 cm³/mol. The van der Waals surface area contributed by atoms with Crippen molar-refractivity contribution in [3.05, 3.63) is 29.8 Å². The molecule has 0 aromatic heterocycles. The monoisotopic (exact) mass is 345 g/mol. The zero-order valence-corrected chi connectivity index (χ0v) is 15.2. The first-order chi connectivity index (χ1) is 11.9. The summed E-state index contributed by atoms with van der Waals surface area (Å²) in [6.45, 7) is 3.60. The predicted octanol–water partition coefficient (Wildman–Crippen LogP) is 2.30. The van der Waals surface area contributed by atoms with Crippen molar-refractivity contribution in [1.82, 2.24) is 10.2 Å². The second-order valence-electron chi connectivity index (χ2n) is 6.73. The Morgan fingerprint density at radius 3 is 2.48 bits per heavy atom. The molecule has 1 aliphatic carbocycles. The maximum absolute atomic E-state index is 12.4. The van der Waals surface area contributed by atoms with E-state index in [9.17, 15) is 14.4 Å². The van der Waals surface area contributed by atoms with Gasteiger partial charge in [0.2, 0.25) is 17.7 Å². The Balaban J connectivity index is 1.97. The molecule has 1 saturated carbocycles. The molecule has 0 bridgehead atoms. The maximum Gasteiger partial charge on any atom is 0.246 e. The number of rotatable bonds is 6. The molecular formula is C19H27N3O3. The van der Waals surface area contributed by atoms with Gasteiger partial charge in [-0.25, -0.2) is 0 Å². The van der Waals surface area contributed by atoms with Crippen molar-refractivity contribution in [2.45, 2.75) is 52.1 Å². The molecule has 1 atom stereocenters. The SMILES string of the molecule is CC(=O)N(C)Cc1ccccc1NC(=O)[C@@H](C)NC(=O)C1CCCC1. The molecular weight excluding hydrogens is 318 g/mol. The minimum atomic E-state index is -0.605.